The average molecular weight is 268 g/mol. The van der Waals surface area contributed by atoms with Crippen LogP contribution in [0.2, 0.25) is 0 Å². The summed E-state index contributed by atoms with van der Waals surface area (Å²) < 4.78 is 0. The third-order valence-electron chi connectivity index (χ3n) is 3.68. The fraction of sp³-hybridized carbons (Fsp3) is 0.692. The van der Waals surface area contributed by atoms with Crippen molar-refractivity contribution in [1.29, 1.82) is 0 Å². The number of piperidine rings is 1. The SMILES string of the molecule is CCC(c1csc(C)n1)N1CCC(C(=O)O)CC1. The first-order valence-electron chi connectivity index (χ1n) is 6.50. The number of hydrogen-bond acceptors (Lipinski definition) is 4. The average Bonchev–Trinajstić information content (AvgIpc) is 2.77. The second kappa shape index (κ2) is 5.80. The Labute approximate surface area is 112 Å². The zero-order valence-electron chi connectivity index (χ0n) is 10.9. The first kappa shape index (κ1) is 13.5. The molecule has 0 spiro atoms. The number of likely N-dealkylation sites (tertiary alicyclic amines) is 1. The molecule has 1 saturated heterocycles. The highest BCUT2D eigenvalue weighted by atomic mass is 32.1. The summed E-state index contributed by atoms with van der Waals surface area (Å²) >= 11 is 1.69. The van der Waals surface area contributed by atoms with Crippen molar-refractivity contribution in [3.63, 3.8) is 0 Å². The number of thiazole rings is 1. The molecule has 1 fully saturated rings. The van der Waals surface area contributed by atoms with E-state index < -0.39 is 5.97 Å². The second-order valence-corrected chi connectivity index (χ2v) is 5.93. The van der Waals surface area contributed by atoms with E-state index >= 15 is 0 Å². The van der Waals surface area contributed by atoms with E-state index in [-0.39, 0.29) is 5.92 Å². The highest BCUT2D eigenvalue weighted by molar-refractivity contribution is 7.09. The zero-order chi connectivity index (χ0) is 13.1. The van der Waals surface area contributed by atoms with E-state index in [1.807, 2.05) is 6.92 Å². The molecular formula is C13H20N2O2S. The minimum atomic E-state index is -0.646. The maximum absolute atomic E-state index is 10.9. The molecule has 0 amide bonds. The van der Waals surface area contributed by atoms with Crippen molar-refractivity contribution in [3.05, 3.63) is 16.1 Å². The quantitative estimate of drug-likeness (QED) is 0.912. The number of carboxylic acid groups (broad SMARTS) is 1. The Bertz CT molecular complexity index is 411. The molecule has 2 heterocycles. The summed E-state index contributed by atoms with van der Waals surface area (Å²) in [5, 5.41) is 12.2. The predicted molar refractivity (Wildman–Crippen MR) is 71.8 cm³/mol. The van der Waals surface area contributed by atoms with Gasteiger partial charge in [-0.3, -0.25) is 9.69 Å². The maximum Gasteiger partial charge on any atom is 0.306 e. The van der Waals surface area contributed by atoms with Gasteiger partial charge in [0.2, 0.25) is 0 Å². The van der Waals surface area contributed by atoms with Gasteiger partial charge in [0.05, 0.1) is 22.7 Å². The summed E-state index contributed by atoms with van der Waals surface area (Å²) in [4.78, 5) is 17.9. The van der Waals surface area contributed by atoms with Crippen LogP contribution in [-0.2, 0) is 4.79 Å². The smallest absolute Gasteiger partial charge is 0.306 e. The van der Waals surface area contributed by atoms with Crippen molar-refractivity contribution in [2.75, 3.05) is 13.1 Å². The van der Waals surface area contributed by atoms with Crippen LogP contribution >= 0.6 is 11.3 Å². The molecule has 5 heteroatoms. The molecule has 2 rings (SSSR count). The van der Waals surface area contributed by atoms with Gasteiger partial charge in [-0.15, -0.1) is 11.3 Å². The molecule has 0 aromatic carbocycles. The fourth-order valence-electron chi connectivity index (χ4n) is 2.65. The number of rotatable bonds is 4. The van der Waals surface area contributed by atoms with E-state index in [1.165, 1.54) is 0 Å². The molecule has 0 aliphatic carbocycles. The van der Waals surface area contributed by atoms with Crippen LogP contribution in [0.5, 0.6) is 0 Å². The minimum absolute atomic E-state index is 0.157. The highest BCUT2D eigenvalue weighted by Crippen LogP contribution is 2.29. The van der Waals surface area contributed by atoms with Gasteiger partial charge in [0.25, 0.3) is 0 Å². The molecule has 4 nitrogen and oxygen atoms in total. The molecular weight excluding hydrogens is 248 g/mol. The van der Waals surface area contributed by atoms with E-state index in [1.54, 1.807) is 11.3 Å². The number of hydrogen-bond donors (Lipinski definition) is 1. The lowest BCUT2D eigenvalue weighted by Gasteiger charge is -2.35. The first-order valence-corrected chi connectivity index (χ1v) is 7.38. The topological polar surface area (TPSA) is 53.4 Å². The molecule has 1 unspecified atom stereocenters. The van der Waals surface area contributed by atoms with Gasteiger partial charge in [-0.2, -0.15) is 0 Å². The zero-order valence-corrected chi connectivity index (χ0v) is 11.7. The predicted octanol–water partition coefficient (Wildman–Crippen LogP) is 2.70. The van der Waals surface area contributed by atoms with Gasteiger partial charge in [-0.05, 0) is 39.3 Å². The number of carboxylic acids is 1. The fourth-order valence-corrected chi connectivity index (χ4v) is 3.30. The van der Waals surface area contributed by atoms with Crippen LogP contribution in [0.1, 0.15) is 42.9 Å². The second-order valence-electron chi connectivity index (χ2n) is 4.86. The Morgan fingerprint density at radius 3 is 2.72 bits per heavy atom. The van der Waals surface area contributed by atoms with Crippen LogP contribution in [0.4, 0.5) is 0 Å². The van der Waals surface area contributed by atoms with Gasteiger partial charge in [0.1, 0.15) is 0 Å². The summed E-state index contributed by atoms with van der Waals surface area (Å²) in [6.07, 6.45) is 2.55. The van der Waals surface area contributed by atoms with Crippen LogP contribution in [0.3, 0.4) is 0 Å². The van der Waals surface area contributed by atoms with Gasteiger partial charge in [-0.1, -0.05) is 6.92 Å². The normalized spacial score (nSPS) is 19.9. The Hall–Kier alpha value is -0.940. The van der Waals surface area contributed by atoms with Crippen LogP contribution in [-0.4, -0.2) is 34.0 Å². The van der Waals surface area contributed by atoms with Crippen LogP contribution in [0, 0.1) is 12.8 Å². The van der Waals surface area contributed by atoms with Crippen molar-refractivity contribution in [2.24, 2.45) is 5.92 Å². The van der Waals surface area contributed by atoms with Gasteiger partial charge in [0.15, 0.2) is 0 Å². The van der Waals surface area contributed by atoms with Crippen molar-refractivity contribution in [3.8, 4) is 0 Å². The Morgan fingerprint density at radius 2 is 2.28 bits per heavy atom. The summed E-state index contributed by atoms with van der Waals surface area (Å²) in [6, 6.07) is 0.352. The van der Waals surface area contributed by atoms with Crippen molar-refractivity contribution < 1.29 is 9.90 Å². The first-order chi connectivity index (χ1) is 8.61. The number of aromatic nitrogens is 1. The molecule has 18 heavy (non-hydrogen) atoms. The number of nitrogens with zero attached hydrogens (tertiary/aromatic N) is 2. The molecule has 1 N–H and O–H groups in total. The Balaban J connectivity index is 2.00. The number of aliphatic carboxylic acids is 1. The highest BCUT2D eigenvalue weighted by Gasteiger charge is 2.29. The third kappa shape index (κ3) is 2.90. The van der Waals surface area contributed by atoms with E-state index in [0.717, 1.165) is 43.1 Å². The lowest BCUT2D eigenvalue weighted by atomic mass is 9.95. The van der Waals surface area contributed by atoms with Crippen LogP contribution < -0.4 is 0 Å². The lowest BCUT2D eigenvalue weighted by molar-refractivity contribution is -0.143. The van der Waals surface area contributed by atoms with Gasteiger partial charge < -0.3 is 5.11 Å². The molecule has 1 atom stereocenters. The van der Waals surface area contributed by atoms with Crippen LogP contribution in [0.25, 0.3) is 0 Å². The standard InChI is InChI=1S/C13H20N2O2S/c1-3-12(11-8-18-9(2)14-11)15-6-4-10(5-7-15)13(16)17/h8,10,12H,3-7H2,1-2H3,(H,16,17). The summed E-state index contributed by atoms with van der Waals surface area (Å²) in [7, 11) is 0. The molecule has 0 radical (unpaired) electrons. The van der Waals surface area contributed by atoms with E-state index in [4.69, 9.17) is 5.11 Å². The summed E-state index contributed by atoms with van der Waals surface area (Å²) in [5.74, 6) is -0.803. The monoisotopic (exact) mass is 268 g/mol. The Kier molecular flexibility index (Phi) is 4.35. The molecule has 1 aromatic heterocycles. The van der Waals surface area contributed by atoms with E-state index in [2.05, 4.69) is 22.2 Å². The number of carbonyl (C=O) groups is 1. The molecule has 0 bridgehead atoms. The largest absolute Gasteiger partial charge is 0.481 e. The third-order valence-corrected chi connectivity index (χ3v) is 4.48. The van der Waals surface area contributed by atoms with Gasteiger partial charge in [0, 0.05) is 5.38 Å². The van der Waals surface area contributed by atoms with Crippen molar-refractivity contribution >= 4 is 17.3 Å². The van der Waals surface area contributed by atoms with E-state index in [9.17, 15) is 4.79 Å². The lowest BCUT2D eigenvalue weighted by Crippen LogP contribution is -2.38. The van der Waals surface area contributed by atoms with Crippen molar-refractivity contribution in [1.82, 2.24) is 9.88 Å². The Morgan fingerprint density at radius 1 is 1.61 bits per heavy atom. The van der Waals surface area contributed by atoms with Crippen molar-refractivity contribution in [2.45, 2.75) is 39.2 Å². The summed E-state index contributed by atoms with van der Waals surface area (Å²) in [6.45, 7) is 5.93. The number of aryl methyl sites for hydroxylation is 1. The molecule has 1 aliphatic rings. The van der Waals surface area contributed by atoms with Gasteiger partial charge in [-0.25, -0.2) is 4.98 Å². The van der Waals surface area contributed by atoms with E-state index in [0.29, 0.717) is 6.04 Å². The maximum atomic E-state index is 10.9. The molecule has 1 aromatic rings. The molecule has 100 valence electrons. The van der Waals surface area contributed by atoms with Gasteiger partial charge >= 0.3 is 5.97 Å². The van der Waals surface area contributed by atoms with Crippen LogP contribution in [0.15, 0.2) is 5.38 Å². The minimum Gasteiger partial charge on any atom is -0.481 e. The molecule has 0 saturated carbocycles. The molecule has 1 aliphatic heterocycles. The summed E-state index contributed by atoms with van der Waals surface area (Å²) in [5.41, 5.74) is 1.15.